The number of hydrogen-bond acceptors (Lipinski definition) is 0. The van der Waals surface area contributed by atoms with Crippen molar-refractivity contribution in [1.82, 2.24) is 0 Å². The lowest BCUT2D eigenvalue weighted by Gasteiger charge is -2.35. The van der Waals surface area contributed by atoms with E-state index >= 15 is 0 Å². The minimum absolute atomic E-state index is 0.344. The first-order chi connectivity index (χ1) is 16.0. The number of hydrogen-bond donors (Lipinski definition) is 0. The van der Waals surface area contributed by atoms with Crippen LogP contribution < -0.4 is 0 Å². The van der Waals surface area contributed by atoms with Gasteiger partial charge in [0.05, 0.1) is 5.41 Å². The first kappa shape index (κ1) is 20.0. The van der Waals surface area contributed by atoms with Crippen LogP contribution in [0.1, 0.15) is 44.5 Å². The molecule has 0 aliphatic heterocycles. The molecule has 0 fully saturated rings. The molecule has 0 radical (unpaired) electrons. The van der Waals surface area contributed by atoms with Crippen molar-refractivity contribution >= 4 is 10.8 Å². The van der Waals surface area contributed by atoms with Crippen LogP contribution in [0.15, 0.2) is 97.1 Å². The van der Waals surface area contributed by atoms with Crippen LogP contribution in [0.5, 0.6) is 0 Å². The highest BCUT2D eigenvalue weighted by atomic mass is 14.5. The predicted molar refractivity (Wildman–Crippen MR) is 140 cm³/mol. The van der Waals surface area contributed by atoms with Crippen LogP contribution in [0, 0.1) is 27.7 Å². The molecule has 5 aromatic carbocycles. The van der Waals surface area contributed by atoms with Gasteiger partial charge in [0.15, 0.2) is 0 Å². The summed E-state index contributed by atoms with van der Waals surface area (Å²) in [7, 11) is 0. The molecule has 0 aromatic heterocycles. The molecular weight excluding hydrogens is 396 g/mol. The van der Waals surface area contributed by atoms with Crippen LogP contribution in [0.4, 0.5) is 0 Å². The summed E-state index contributed by atoms with van der Waals surface area (Å²) in [6.45, 7) is 8.87. The highest BCUT2D eigenvalue weighted by molar-refractivity contribution is 6.05. The van der Waals surface area contributed by atoms with Crippen molar-refractivity contribution in [1.29, 1.82) is 0 Å². The molecule has 6 rings (SSSR count). The summed E-state index contributed by atoms with van der Waals surface area (Å²) in [5.41, 5.74) is 13.1. The van der Waals surface area contributed by atoms with Crippen LogP contribution in [-0.4, -0.2) is 0 Å². The fourth-order valence-electron chi connectivity index (χ4n) is 6.02. The van der Waals surface area contributed by atoms with E-state index < -0.39 is 0 Å². The van der Waals surface area contributed by atoms with Gasteiger partial charge in [-0.1, -0.05) is 114 Å². The number of fused-ring (bicyclic) bond motifs is 5. The van der Waals surface area contributed by atoms with Gasteiger partial charge >= 0.3 is 0 Å². The van der Waals surface area contributed by atoms with Crippen molar-refractivity contribution in [3.8, 4) is 11.1 Å². The largest absolute Gasteiger partial charge is 0.0714 e. The first-order valence-electron chi connectivity index (χ1n) is 11.8. The van der Waals surface area contributed by atoms with E-state index in [-0.39, 0.29) is 5.41 Å². The van der Waals surface area contributed by atoms with Crippen molar-refractivity contribution in [2.75, 3.05) is 0 Å². The molecule has 0 saturated heterocycles. The van der Waals surface area contributed by atoms with E-state index in [0.29, 0.717) is 0 Å². The molecule has 0 N–H and O–H groups in total. The molecule has 0 unspecified atom stereocenters. The van der Waals surface area contributed by atoms with Crippen molar-refractivity contribution in [3.63, 3.8) is 0 Å². The third kappa shape index (κ3) is 2.77. The van der Waals surface area contributed by atoms with Gasteiger partial charge in [-0.3, -0.25) is 0 Å². The summed E-state index contributed by atoms with van der Waals surface area (Å²) in [6.07, 6.45) is 0. The fraction of sp³-hybridized carbons (Fsp3) is 0.152. The summed E-state index contributed by atoms with van der Waals surface area (Å²) in [4.78, 5) is 0. The van der Waals surface area contributed by atoms with Gasteiger partial charge < -0.3 is 0 Å². The third-order valence-corrected chi connectivity index (χ3v) is 7.41. The lowest BCUT2D eigenvalue weighted by molar-refractivity contribution is 0.765. The van der Waals surface area contributed by atoms with Gasteiger partial charge in [-0.2, -0.15) is 0 Å². The number of aryl methyl sites for hydroxylation is 4. The number of benzene rings is 5. The van der Waals surface area contributed by atoms with Crippen LogP contribution in [0.3, 0.4) is 0 Å². The average molecular weight is 425 g/mol. The normalized spacial score (nSPS) is 13.7. The molecule has 0 saturated carbocycles. The Balaban J connectivity index is 1.89. The van der Waals surface area contributed by atoms with E-state index in [0.717, 1.165) is 0 Å². The Morgan fingerprint density at radius 1 is 0.485 bits per heavy atom. The van der Waals surface area contributed by atoms with Gasteiger partial charge in [0.25, 0.3) is 0 Å². The van der Waals surface area contributed by atoms with Gasteiger partial charge in [-0.15, -0.1) is 0 Å². The van der Waals surface area contributed by atoms with Crippen molar-refractivity contribution in [2.45, 2.75) is 33.1 Å². The van der Waals surface area contributed by atoms with Crippen molar-refractivity contribution in [2.24, 2.45) is 0 Å². The van der Waals surface area contributed by atoms with Crippen molar-refractivity contribution in [3.05, 3.63) is 142 Å². The molecule has 0 nitrogen and oxygen atoms in total. The SMILES string of the molecule is Cc1cccc(C2(c3cccc(C)c3)c3cc(C)ccc3-c3c2cc(C)c2ccccc32)c1. The average Bonchev–Trinajstić information content (AvgIpc) is 3.09. The smallest absolute Gasteiger partial charge is 0.0617 e. The Kier molecular flexibility index (Phi) is 4.35. The Morgan fingerprint density at radius 2 is 1.09 bits per heavy atom. The molecular formula is C33H28. The Hall–Kier alpha value is -3.64. The standard InChI is InChI=1S/C33H28/c1-21-9-7-11-25(17-21)33(26-12-8-10-22(2)18-26)30-19-23(3)15-16-29(30)32-28-14-6-5-13-27(28)24(4)20-31(32)33/h5-20H,1-4H3. The maximum Gasteiger partial charge on any atom is 0.0714 e. The summed E-state index contributed by atoms with van der Waals surface area (Å²) in [5, 5.41) is 2.69. The third-order valence-electron chi connectivity index (χ3n) is 7.41. The van der Waals surface area contributed by atoms with Gasteiger partial charge in [0.2, 0.25) is 0 Å². The second-order valence-corrected chi connectivity index (χ2v) is 9.70. The zero-order valence-corrected chi connectivity index (χ0v) is 19.7. The molecule has 5 aromatic rings. The minimum atomic E-state index is -0.344. The van der Waals surface area contributed by atoms with E-state index in [1.54, 1.807) is 0 Å². The molecule has 0 heteroatoms. The van der Waals surface area contributed by atoms with Gasteiger partial charge in [0, 0.05) is 0 Å². The predicted octanol–water partition coefficient (Wildman–Crippen LogP) is 8.44. The molecule has 160 valence electrons. The Morgan fingerprint density at radius 3 is 1.73 bits per heavy atom. The van der Waals surface area contributed by atoms with Crippen LogP contribution in [0.2, 0.25) is 0 Å². The Labute approximate surface area is 196 Å². The topological polar surface area (TPSA) is 0 Å². The zero-order valence-electron chi connectivity index (χ0n) is 19.7. The van der Waals surface area contributed by atoms with Gasteiger partial charge in [0.1, 0.15) is 0 Å². The molecule has 0 amide bonds. The second-order valence-electron chi connectivity index (χ2n) is 9.70. The molecule has 0 atom stereocenters. The van der Waals surface area contributed by atoms with Gasteiger partial charge in [-0.05, 0) is 77.4 Å². The van der Waals surface area contributed by atoms with E-state index in [1.807, 2.05) is 0 Å². The summed E-state index contributed by atoms with van der Waals surface area (Å²) < 4.78 is 0. The van der Waals surface area contributed by atoms with E-state index in [1.165, 1.54) is 66.4 Å². The molecule has 1 aliphatic carbocycles. The molecule has 1 aliphatic rings. The lowest BCUT2D eigenvalue weighted by atomic mass is 9.66. The highest BCUT2D eigenvalue weighted by Crippen LogP contribution is 2.58. The lowest BCUT2D eigenvalue weighted by Crippen LogP contribution is -2.29. The molecule has 33 heavy (non-hydrogen) atoms. The van der Waals surface area contributed by atoms with Crippen LogP contribution in [-0.2, 0) is 5.41 Å². The summed E-state index contributed by atoms with van der Waals surface area (Å²) >= 11 is 0. The van der Waals surface area contributed by atoms with Crippen molar-refractivity contribution < 1.29 is 0 Å². The monoisotopic (exact) mass is 424 g/mol. The highest BCUT2D eigenvalue weighted by Gasteiger charge is 2.47. The number of rotatable bonds is 2. The maximum atomic E-state index is 2.46. The molecule has 0 bridgehead atoms. The van der Waals surface area contributed by atoms with Crippen LogP contribution >= 0.6 is 0 Å². The molecule has 0 heterocycles. The summed E-state index contributed by atoms with van der Waals surface area (Å²) in [6, 6.07) is 36.6. The van der Waals surface area contributed by atoms with E-state index in [9.17, 15) is 0 Å². The maximum absolute atomic E-state index is 2.46. The minimum Gasteiger partial charge on any atom is -0.0617 e. The summed E-state index contributed by atoms with van der Waals surface area (Å²) in [5.74, 6) is 0. The quantitative estimate of drug-likeness (QED) is 0.262. The Bertz CT molecular complexity index is 1500. The zero-order chi connectivity index (χ0) is 22.7. The fourth-order valence-corrected chi connectivity index (χ4v) is 6.02. The van der Waals surface area contributed by atoms with Gasteiger partial charge in [-0.25, -0.2) is 0 Å². The first-order valence-corrected chi connectivity index (χ1v) is 11.8. The van der Waals surface area contributed by atoms with E-state index in [4.69, 9.17) is 0 Å². The second kappa shape index (κ2) is 7.18. The van der Waals surface area contributed by atoms with E-state index in [2.05, 4.69) is 125 Å². The molecule has 0 spiro atoms. The van der Waals surface area contributed by atoms with Crippen LogP contribution in [0.25, 0.3) is 21.9 Å².